The molecule has 2 aromatic carbocycles. The molecule has 0 saturated carbocycles. The third-order valence-electron chi connectivity index (χ3n) is 4.25. The lowest BCUT2D eigenvalue weighted by Gasteiger charge is -2.08. The average Bonchev–Trinajstić information content (AvgIpc) is 2.92. The summed E-state index contributed by atoms with van der Waals surface area (Å²) >= 11 is 7.46. The molecule has 1 aromatic heterocycles. The largest absolute Gasteiger partial charge is 0.322 e. The van der Waals surface area contributed by atoms with Crippen LogP contribution in [-0.4, -0.2) is 21.4 Å². The van der Waals surface area contributed by atoms with Crippen molar-refractivity contribution in [3.8, 4) is 5.69 Å². The second kappa shape index (κ2) is 8.63. The van der Waals surface area contributed by atoms with Gasteiger partial charge in [-0.2, -0.15) is 5.10 Å². The number of carbonyl (C=O) groups excluding carboxylic acids is 1. The van der Waals surface area contributed by atoms with Gasteiger partial charge in [0.05, 0.1) is 28.5 Å². The van der Waals surface area contributed by atoms with E-state index in [0.717, 1.165) is 39.1 Å². The zero-order chi connectivity index (χ0) is 19.4. The Morgan fingerprint density at radius 1 is 1.07 bits per heavy atom. The van der Waals surface area contributed by atoms with Crippen molar-refractivity contribution < 1.29 is 4.79 Å². The molecule has 3 aromatic rings. The van der Waals surface area contributed by atoms with Gasteiger partial charge < -0.3 is 5.32 Å². The molecule has 0 aliphatic rings. The van der Waals surface area contributed by atoms with Crippen molar-refractivity contribution >= 4 is 35.0 Å². The second-order valence-corrected chi connectivity index (χ2v) is 7.88. The van der Waals surface area contributed by atoms with Gasteiger partial charge in [-0.3, -0.25) is 4.79 Å². The molecule has 3 rings (SSSR count). The van der Waals surface area contributed by atoms with Crippen LogP contribution in [0.2, 0.25) is 5.02 Å². The number of hydrogen-bond acceptors (Lipinski definition) is 3. The van der Waals surface area contributed by atoms with Gasteiger partial charge in [0.1, 0.15) is 0 Å². The van der Waals surface area contributed by atoms with E-state index >= 15 is 0 Å². The van der Waals surface area contributed by atoms with Crippen molar-refractivity contribution in [3.63, 3.8) is 0 Å². The number of hydrogen-bond donors (Lipinski definition) is 1. The molecule has 27 heavy (non-hydrogen) atoms. The molecule has 1 N–H and O–H groups in total. The summed E-state index contributed by atoms with van der Waals surface area (Å²) in [6, 6.07) is 15.9. The Kier molecular flexibility index (Phi) is 6.24. The number of halogens is 1. The fraction of sp³-hybridized carbons (Fsp3) is 0.238. The maximum atomic E-state index is 12.4. The summed E-state index contributed by atoms with van der Waals surface area (Å²) in [4.78, 5) is 12.4. The van der Waals surface area contributed by atoms with Crippen molar-refractivity contribution in [3.05, 3.63) is 76.1 Å². The molecule has 0 saturated heterocycles. The summed E-state index contributed by atoms with van der Waals surface area (Å²) in [5, 5.41) is 8.31. The topological polar surface area (TPSA) is 46.9 Å². The van der Waals surface area contributed by atoms with E-state index in [1.165, 1.54) is 5.56 Å². The molecule has 1 heterocycles. The summed E-state index contributed by atoms with van der Waals surface area (Å²) < 4.78 is 1.87. The highest BCUT2D eigenvalue weighted by molar-refractivity contribution is 7.99. The minimum Gasteiger partial charge on any atom is -0.322 e. The highest BCUT2D eigenvalue weighted by atomic mass is 35.5. The zero-order valence-corrected chi connectivity index (χ0v) is 17.2. The van der Waals surface area contributed by atoms with E-state index in [-0.39, 0.29) is 5.91 Å². The quantitative estimate of drug-likeness (QED) is 0.609. The first kappa shape index (κ1) is 19.5. The van der Waals surface area contributed by atoms with Crippen molar-refractivity contribution in [1.82, 2.24) is 9.78 Å². The number of aromatic nitrogens is 2. The van der Waals surface area contributed by atoms with Crippen molar-refractivity contribution in [1.29, 1.82) is 0 Å². The van der Waals surface area contributed by atoms with Crippen molar-refractivity contribution in [2.24, 2.45) is 0 Å². The Morgan fingerprint density at radius 2 is 1.74 bits per heavy atom. The van der Waals surface area contributed by atoms with Gasteiger partial charge in [-0.25, -0.2) is 4.68 Å². The monoisotopic (exact) mass is 399 g/mol. The van der Waals surface area contributed by atoms with Crippen LogP contribution in [0.3, 0.4) is 0 Å². The van der Waals surface area contributed by atoms with E-state index in [4.69, 9.17) is 11.6 Å². The second-order valence-electron chi connectivity index (χ2n) is 6.46. The van der Waals surface area contributed by atoms with E-state index < -0.39 is 0 Å². The summed E-state index contributed by atoms with van der Waals surface area (Å²) in [5.74, 6) is 1.13. The molecule has 0 unspecified atom stereocenters. The number of carbonyl (C=O) groups is 1. The first-order chi connectivity index (χ1) is 12.9. The van der Waals surface area contributed by atoms with Gasteiger partial charge in [-0.15, -0.1) is 11.8 Å². The standard InChI is InChI=1S/C21H22ClN3OS/c1-14-4-10-19(11-5-14)25-16(3)21(15(2)24-25)23-20(26)13-27-12-17-6-8-18(22)9-7-17/h4-11H,12-13H2,1-3H3,(H,23,26). The molecule has 0 atom stereocenters. The van der Waals surface area contributed by atoms with Gasteiger partial charge >= 0.3 is 0 Å². The number of nitrogens with one attached hydrogen (secondary N) is 1. The van der Waals surface area contributed by atoms with Crippen LogP contribution in [0.1, 0.15) is 22.5 Å². The van der Waals surface area contributed by atoms with Crippen LogP contribution < -0.4 is 5.32 Å². The number of aryl methyl sites for hydroxylation is 2. The number of anilines is 1. The van der Waals surface area contributed by atoms with Gasteiger partial charge in [0.15, 0.2) is 0 Å². The van der Waals surface area contributed by atoms with Gasteiger partial charge in [0, 0.05) is 10.8 Å². The Labute approximate surface area is 168 Å². The first-order valence-corrected chi connectivity index (χ1v) is 10.2. The average molecular weight is 400 g/mol. The third-order valence-corrected chi connectivity index (χ3v) is 5.51. The first-order valence-electron chi connectivity index (χ1n) is 8.69. The molecule has 0 aliphatic heterocycles. The van der Waals surface area contributed by atoms with Crippen molar-refractivity contribution in [2.45, 2.75) is 26.5 Å². The lowest BCUT2D eigenvalue weighted by molar-refractivity contribution is -0.113. The fourth-order valence-corrected chi connectivity index (χ4v) is 3.69. The molecule has 0 aliphatic carbocycles. The van der Waals surface area contributed by atoms with E-state index in [0.29, 0.717) is 5.75 Å². The van der Waals surface area contributed by atoms with Crippen LogP contribution in [0.4, 0.5) is 5.69 Å². The van der Waals surface area contributed by atoms with Crippen LogP contribution in [0.25, 0.3) is 5.69 Å². The summed E-state index contributed by atoms with van der Waals surface area (Å²) in [6.07, 6.45) is 0. The Bertz CT molecular complexity index is 933. The van der Waals surface area contributed by atoms with E-state index in [1.54, 1.807) is 11.8 Å². The summed E-state index contributed by atoms with van der Waals surface area (Å²) in [5.41, 5.74) is 5.85. The molecule has 1 amide bonds. The molecule has 0 radical (unpaired) electrons. The lowest BCUT2D eigenvalue weighted by atomic mass is 10.2. The van der Waals surface area contributed by atoms with Gasteiger partial charge in [-0.05, 0) is 50.6 Å². The minimum atomic E-state index is -0.0244. The van der Waals surface area contributed by atoms with Crippen LogP contribution >= 0.6 is 23.4 Å². The van der Waals surface area contributed by atoms with E-state index in [1.807, 2.05) is 54.9 Å². The molecular weight excluding hydrogens is 378 g/mol. The predicted octanol–water partition coefficient (Wildman–Crippen LogP) is 5.32. The Balaban J connectivity index is 1.62. The van der Waals surface area contributed by atoms with E-state index in [9.17, 15) is 4.79 Å². The predicted molar refractivity (Wildman–Crippen MR) is 114 cm³/mol. The number of amides is 1. The molecule has 0 fully saturated rings. The molecule has 140 valence electrons. The molecule has 4 nitrogen and oxygen atoms in total. The highest BCUT2D eigenvalue weighted by Crippen LogP contribution is 2.23. The van der Waals surface area contributed by atoms with Crippen LogP contribution in [0.15, 0.2) is 48.5 Å². The Morgan fingerprint density at radius 3 is 2.41 bits per heavy atom. The minimum absolute atomic E-state index is 0.0244. The van der Waals surface area contributed by atoms with Crippen molar-refractivity contribution in [2.75, 3.05) is 11.1 Å². The van der Waals surface area contributed by atoms with E-state index in [2.05, 4.69) is 29.5 Å². The maximum absolute atomic E-state index is 12.4. The number of thioether (sulfide) groups is 1. The van der Waals surface area contributed by atoms with Crippen LogP contribution in [0.5, 0.6) is 0 Å². The summed E-state index contributed by atoms with van der Waals surface area (Å²) in [6.45, 7) is 5.93. The molecule has 6 heteroatoms. The van der Waals surface area contributed by atoms with Gasteiger partial charge in [0.25, 0.3) is 0 Å². The third kappa shape index (κ3) is 4.93. The fourth-order valence-electron chi connectivity index (χ4n) is 2.78. The number of nitrogens with zero attached hydrogens (tertiary/aromatic N) is 2. The normalized spacial score (nSPS) is 10.8. The van der Waals surface area contributed by atoms with Crippen LogP contribution in [-0.2, 0) is 10.5 Å². The Hall–Kier alpha value is -2.24. The van der Waals surface area contributed by atoms with Gasteiger partial charge in [0.2, 0.25) is 5.91 Å². The molecule has 0 bridgehead atoms. The SMILES string of the molecule is Cc1ccc(-n2nc(C)c(NC(=O)CSCc3ccc(Cl)cc3)c2C)cc1. The van der Waals surface area contributed by atoms with Gasteiger partial charge in [-0.1, -0.05) is 41.4 Å². The maximum Gasteiger partial charge on any atom is 0.234 e. The van der Waals surface area contributed by atoms with Crippen LogP contribution in [0, 0.1) is 20.8 Å². The molecule has 0 spiro atoms. The molecular formula is C21H22ClN3OS. The smallest absolute Gasteiger partial charge is 0.234 e. The highest BCUT2D eigenvalue weighted by Gasteiger charge is 2.15. The number of benzene rings is 2. The summed E-state index contributed by atoms with van der Waals surface area (Å²) in [7, 11) is 0. The lowest BCUT2D eigenvalue weighted by Crippen LogP contribution is -2.15. The number of rotatable bonds is 6. The zero-order valence-electron chi connectivity index (χ0n) is 15.6.